The number of rotatable bonds is 13. The van der Waals surface area contributed by atoms with Crippen LogP contribution in [0.3, 0.4) is 0 Å². The molecule has 9 nitrogen and oxygen atoms in total. The Hall–Kier alpha value is -3.99. The highest BCUT2D eigenvalue weighted by atomic mass is 19.1. The van der Waals surface area contributed by atoms with Crippen molar-refractivity contribution in [2.24, 2.45) is 5.92 Å². The number of hydrogen-bond acceptors (Lipinski definition) is 7. The first-order chi connectivity index (χ1) is 21.4. The van der Waals surface area contributed by atoms with E-state index in [1.165, 1.54) is 6.07 Å². The van der Waals surface area contributed by atoms with Crippen LogP contribution in [0.15, 0.2) is 72.8 Å². The van der Waals surface area contributed by atoms with Gasteiger partial charge < -0.3 is 35.4 Å². The summed E-state index contributed by atoms with van der Waals surface area (Å²) < 4.78 is 25.3. The second-order valence-electron chi connectivity index (χ2n) is 12.4. The third-order valence-electron chi connectivity index (χ3n) is 7.81. The monoisotopic (exact) mass is 622 g/mol. The third-order valence-corrected chi connectivity index (χ3v) is 7.81. The summed E-state index contributed by atoms with van der Waals surface area (Å²) in [6.45, 7) is 5.28. The molecule has 1 unspecified atom stereocenters. The van der Waals surface area contributed by atoms with Crippen molar-refractivity contribution in [1.82, 2.24) is 10.6 Å². The van der Waals surface area contributed by atoms with Crippen LogP contribution >= 0.6 is 0 Å². The molecule has 0 fully saturated rings. The highest BCUT2D eigenvalue weighted by molar-refractivity contribution is 5.77. The molecule has 1 aliphatic rings. The molecule has 0 saturated heterocycles. The molecule has 1 aliphatic carbocycles. The first kappa shape index (κ1) is 33.9. The number of halogens is 1. The predicted octanol–water partition coefficient (Wildman–Crippen LogP) is 4.54. The molecule has 5 N–H and O–H groups in total. The predicted molar refractivity (Wildman–Crippen MR) is 167 cm³/mol. The van der Waals surface area contributed by atoms with E-state index in [-0.39, 0.29) is 38.4 Å². The number of nitrogens with one attached hydrogen (secondary N) is 2. The molecule has 0 saturated carbocycles. The van der Waals surface area contributed by atoms with Crippen molar-refractivity contribution in [1.29, 1.82) is 0 Å². The van der Waals surface area contributed by atoms with Crippen molar-refractivity contribution in [3.8, 4) is 5.75 Å². The van der Waals surface area contributed by atoms with Gasteiger partial charge >= 0.3 is 6.09 Å². The van der Waals surface area contributed by atoms with Crippen LogP contribution < -0.4 is 15.4 Å². The average molecular weight is 623 g/mol. The molecule has 0 spiro atoms. The zero-order valence-electron chi connectivity index (χ0n) is 25.9. The van der Waals surface area contributed by atoms with Gasteiger partial charge in [0.1, 0.15) is 23.8 Å². The Morgan fingerprint density at radius 3 is 2.40 bits per heavy atom. The second kappa shape index (κ2) is 15.3. The first-order valence-corrected chi connectivity index (χ1v) is 15.2. The van der Waals surface area contributed by atoms with E-state index in [1.54, 1.807) is 57.2 Å². The second-order valence-corrected chi connectivity index (χ2v) is 12.4. The molecule has 10 heteroatoms. The molecule has 5 atom stereocenters. The summed E-state index contributed by atoms with van der Waals surface area (Å²) >= 11 is 0. The van der Waals surface area contributed by atoms with Gasteiger partial charge in [-0.15, -0.1) is 0 Å². The van der Waals surface area contributed by atoms with Crippen LogP contribution in [0.4, 0.5) is 9.18 Å². The lowest BCUT2D eigenvalue weighted by Gasteiger charge is -2.33. The van der Waals surface area contributed by atoms with E-state index in [4.69, 9.17) is 14.6 Å². The Kier molecular flexibility index (Phi) is 11.6. The summed E-state index contributed by atoms with van der Waals surface area (Å²) in [4.78, 5) is 26.3. The van der Waals surface area contributed by atoms with Crippen molar-refractivity contribution in [3.05, 3.63) is 101 Å². The zero-order chi connectivity index (χ0) is 32.6. The number of aliphatic hydroxyl groups excluding tert-OH is 3. The molecule has 0 radical (unpaired) electrons. The Morgan fingerprint density at radius 2 is 1.73 bits per heavy atom. The maximum Gasteiger partial charge on any atom is 0.407 e. The van der Waals surface area contributed by atoms with Crippen molar-refractivity contribution in [3.63, 3.8) is 0 Å². The number of carbonyl (C=O) groups excluding carboxylic acids is 2. The normalized spacial score (nSPS) is 17.9. The molecule has 0 bridgehead atoms. The fraction of sp³-hybridized carbons (Fsp3) is 0.429. The molecular weight excluding hydrogens is 579 g/mol. The highest BCUT2D eigenvalue weighted by Gasteiger charge is 2.36. The molecule has 0 heterocycles. The highest BCUT2D eigenvalue weighted by Crippen LogP contribution is 2.35. The van der Waals surface area contributed by atoms with Crippen LogP contribution in [0.2, 0.25) is 0 Å². The first-order valence-electron chi connectivity index (χ1n) is 15.2. The van der Waals surface area contributed by atoms with Gasteiger partial charge in [-0.05, 0) is 74.1 Å². The molecule has 2 amide bonds. The summed E-state index contributed by atoms with van der Waals surface area (Å²) in [5, 5.41) is 37.2. The minimum Gasteiger partial charge on any atom is -0.491 e. The number of ether oxygens (including phenoxy) is 2. The lowest BCUT2D eigenvalue weighted by molar-refractivity contribution is -0.123. The van der Waals surface area contributed by atoms with Gasteiger partial charge in [0, 0.05) is 24.8 Å². The molecule has 0 aliphatic heterocycles. The van der Waals surface area contributed by atoms with Gasteiger partial charge in [-0.3, -0.25) is 4.79 Å². The van der Waals surface area contributed by atoms with Crippen LogP contribution in [-0.2, 0) is 22.4 Å². The van der Waals surface area contributed by atoms with E-state index in [1.807, 2.05) is 30.3 Å². The fourth-order valence-corrected chi connectivity index (χ4v) is 5.72. The Balaban J connectivity index is 1.58. The van der Waals surface area contributed by atoms with Crippen LogP contribution in [0.5, 0.6) is 5.75 Å². The molecule has 3 aromatic carbocycles. The third kappa shape index (κ3) is 9.50. The van der Waals surface area contributed by atoms with Crippen LogP contribution in [0.1, 0.15) is 68.0 Å². The Morgan fingerprint density at radius 1 is 1.02 bits per heavy atom. The summed E-state index contributed by atoms with van der Waals surface area (Å²) in [5.74, 6) is -0.922. The standard InChI is InChI=1S/C35H43FN2O7/c1-35(2,3)45-34(43)37-29(20-22-8-5-4-6-9-22)26(33(42)23-12-14-24(15-13-23)44-19-18-39)16-17-31(41)38-32-25-10-7-11-28(36)27(25)21-30(32)40/h4-15,26,29-30,32-33,39-40,42H,16-21H2,1-3H3,(H,37,43)(H,38,41)/t26-,29-,30+,32-,33?/m0/s1. The number of hydrogen-bond donors (Lipinski definition) is 5. The molecule has 0 aromatic heterocycles. The van der Waals surface area contributed by atoms with Crippen LogP contribution in [-0.4, -0.2) is 58.3 Å². The fourth-order valence-electron chi connectivity index (χ4n) is 5.72. The van der Waals surface area contributed by atoms with Gasteiger partial charge in [0.25, 0.3) is 0 Å². The minimum absolute atomic E-state index is 0.0332. The molecule has 45 heavy (non-hydrogen) atoms. The van der Waals surface area contributed by atoms with Gasteiger partial charge in [0.05, 0.1) is 24.9 Å². The number of benzene rings is 3. The summed E-state index contributed by atoms with van der Waals surface area (Å²) in [6.07, 6.45) is -2.11. The van der Waals surface area contributed by atoms with E-state index in [2.05, 4.69) is 10.6 Å². The summed E-state index contributed by atoms with van der Waals surface area (Å²) in [7, 11) is 0. The number of alkyl carbamates (subject to hydrolysis) is 1. The summed E-state index contributed by atoms with van der Waals surface area (Å²) in [5.41, 5.74) is 1.65. The molecular formula is C35H43FN2O7. The summed E-state index contributed by atoms with van der Waals surface area (Å²) in [6, 6.07) is 19.5. The van der Waals surface area contributed by atoms with Gasteiger partial charge in [0.15, 0.2) is 0 Å². The molecule has 3 aromatic rings. The maximum atomic E-state index is 14.3. The van der Waals surface area contributed by atoms with E-state index < -0.39 is 47.7 Å². The smallest absolute Gasteiger partial charge is 0.407 e. The van der Waals surface area contributed by atoms with Gasteiger partial charge in [-0.25, -0.2) is 9.18 Å². The number of fused-ring (bicyclic) bond motifs is 1. The van der Waals surface area contributed by atoms with Crippen LogP contribution in [0.25, 0.3) is 0 Å². The largest absolute Gasteiger partial charge is 0.491 e. The Bertz CT molecular complexity index is 1410. The van der Waals surface area contributed by atoms with E-state index in [0.29, 0.717) is 28.9 Å². The van der Waals surface area contributed by atoms with Gasteiger partial charge in [0.2, 0.25) is 5.91 Å². The lowest BCUT2D eigenvalue weighted by Crippen LogP contribution is -2.46. The van der Waals surface area contributed by atoms with E-state index >= 15 is 0 Å². The Labute approximate surface area is 263 Å². The molecule has 242 valence electrons. The number of carbonyl (C=O) groups is 2. The van der Waals surface area contributed by atoms with Crippen molar-refractivity contribution < 1.29 is 38.8 Å². The minimum atomic E-state index is -1.10. The maximum absolute atomic E-state index is 14.3. The zero-order valence-corrected chi connectivity index (χ0v) is 25.9. The van der Waals surface area contributed by atoms with E-state index in [9.17, 15) is 24.2 Å². The van der Waals surface area contributed by atoms with Crippen LogP contribution in [0, 0.1) is 11.7 Å². The average Bonchev–Trinajstić information content (AvgIpc) is 3.31. The van der Waals surface area contributed by atoms with Gasteiger partial charge in [-0.1, -0.05) is 54.6 Å². The van der Waals surface area contributed by atoms with Crippen molar-refractivity contribution in [2.45, 2.75) is 76.3 Å². The SMILES string of the molecule is CC(C)(C)OC(=O)N[C@@H](Cc1ccccc1)[C@H](CCC(=O)N[C@H]1c2cccc(F)c2C[C@H]1O)C(O)c1ccc(OCCO)cc1. The number of aliphatic hydroxyl groups is 3. The van der Waals surface area contributed by atoms with Gasteiger partial charge in [-0.2, -0.15) is 0 Å². The quantitative estimate of drug-likeness (QED) is 0.189. The van der Waals surface area contributed by atoms with Crippen molar-refractivity contribution >= 4 is 12.0 Å². The topological polar surface area (TPSA) is 137 Å². The lowest BCUT2D eigenvalue weighted by atomic mass is 9.82. The van der Waals surface area contributed by atoms with Crippen molar-refractivity contribution in [2.75, 3.05) is 13.2 Å². The number of amides is 2. The molecule has 4 rings (SSSR count). The van der Waals surface area contributed by atoms with E-state index in [0.717, 1.165) is 5.56 Å².